The van der Waals surface area contributed by atoms with Crippen LogP contribution in [0, 0.1) is 0 Å². The van der Waals surface area contributed by atoms with Gasteiger partial charge < -0.3 is 10.0 Å². The number of nitrogens with zero attached hydrogens (tertiary/aromatic N) is 1. The summed E-state index contributed by atoms with van der Waals surface area (Å²) in [5.41, 5.74) is 1.12. The lowest BCUT2D eigenvalue weighted by molar-refractivity contribution is -0.130. The Bertz CT molecular complexity index is 368. The summed E-state index contributed by atoms with van der Waals surface area (Å²) >= 11 is 5.88. The Morgan fingerprint density at radius 2 is 2.24 bits per heavy atom. The van der Waals surface area contributed by atoms with E-state index in [0.29, 0.717) is 19.4 Å². The largest absolute Gasteiger partial charge is 0.396 e. The number of likely N-dealkylation sites (N-methyl/N-ethyl adjacent to an activating group) is 1. The summed E-state index contributed by atoms with van der Waals surface area (Å²) in [7, 11) is 1.78. The lowest BCUT2D eigenvalue weighted by Crippen LogP contribution is -2.28. The van der Waals surface area contributed by atoms with E-state index in [1.165, 1.54) is 0 Å². The van der Waals surface area contributed by atoms with Crippen molar-refractivity contribution in [3.8, 4) is 0 Å². The van der Waals surface area contributed by atoms with Gasteiger partial charge in [-0.25, -0.2) is 0 Å². The molecule has 0 saturated carbocycles. The van der Waals surface area contributed by atoms with Crippen LogP contribution in [-0.4, -0.2) is 36.1 Å². The molecule has 4 heteroatoms. The third-order valence-electron chi connectivity index (χ3n) is 2.60. The lowest BCUT2D eigenvalue weighted by atomic mass is 10.1. The molecule has 17 heavy (non-hydrogen) atoms. The van der Waals surface area contributed by atoms with Gasteiger partial charge in [0, 0.05) is 31.6 Å². The number of aliphatic hydroxyl groups is 1. The SMILES string of the molecule is CN(CCc1cccc(Cl)c1)C(=O)CCCO. The maximum absolute atomic E-state index is 11.6. The molecule has 0 aliphatic rings. The van der Waals surface area contributed by atoms with Crippen molar-refractivity contribution in [3.63, 3.8) is 0 Å². The van der Waals surface area contributed by atoms with Crippen molar-refractivity contribution in [2.24, 2.45) is 0 Å². The van der Waals surface area contributed by atoms with Crippen LogP contribution in [0.4, 0.5) is 0 Å². The molecule has 94 valence electrons. The van der Waals surface area contributed by atoms with Crippen LogP contribution in [0.1, 0.15) is 18.4 Å². The van der Waals surface area contributed by atoms with E-state index in [0.717, 1.165) is 17.0 Å². The summed E-state index contributed by atoms with van der Waals surface area (Å²) in [6, 6.07) is 7.65. The van der Waals surface area contributed by atoms with Crippen molar-refractivity contribution < 1.29 is 9.90 Å². The van der Waals surface area contributed by atoms with Crippen molar-refractivity contribution in [3.05, 3.63) is 34.9 Å². The summed E-state index contributed by atoms with van der Waals surface area (Å²) in [5, 5.41) is 9.37. The second-order valence-corrected chi connectivity index (χ2v) is 4.46. The van der Waals surface area contributed by atoms with E-state index in [1.807, 2.05) is 24.3 Å². The number of hydrogen-bond donors (Lipinski definition) is 1. The highest BCUT2D eigenvalue weighted by molar-refractivity contribution is 6.30. The second-order valence-electron chi connectivity index (χ2n) is 4.02. The second kappa shape index (κ2) is 7.30. The van der Waals surface area contributed by atoms with Crippen molar-refractivity contribution >= 4 is 17.5 Å². The molecule has 0 radical (unpaired) electrons. The first-order valence-electron chi connectivity index (χ1n) is 5.72. The molecule has 0 spiro atoms. The molecule has 1 amide bonds. The maximum Gasteiger partial charge on any atom is 0.222 e. The lowest BCUT2D eigenvalue weighted by Gasteiger charge is -2.16. The van der Waals surface area contributed by atoms with Gasteiger partial charge >= 0.3 is 0 Å². The predicted octanol–water partition coefficient (Wildman–Crippen LogP) is 2.11. The van der Waals surface area contributed by atoms with Crippen molar-refractivity contribution in [2.75, 3.05) is 20.2 Å². The van der Waals surface area contributed by atoms with Crippen molar-refractivity contribution in [1.82, 2.24) is 4.90 Å². The van der Waals surface area contributed by atoms with Gasteiger partial charge in [-0.2, -0.15) is 0 Å². The Kier molecular flexibility index (Phi) is 6.01. The zero-order chi connectivity index (χ0) is 12.7. The minimum absolute atomic E-state index is 0.0634. The number of aliphatic hydroxyl groups excluding tert-OH is 1. The van der Waals surface area contributed by atoms with Gasteiger partial charge in [0.2, 0.25) is 5.91 Å². The normalized spacial score (nSPS) is 10.3. The Balaban J connectivity index is 2.37. The summed E-state index contributed by atoms with van der Waals surface area (Å²) in [4.78, 5) is 13.3. The minimum atomic E-state index is 0.0634. The average Bonchev–Trinajstić information content (AvgIpc) is 2.33. The van der Waals surface area contributed by atoms with Gasteiger partial charge in [-0.15, -0.1) is 0 Å². The molecular weight excluding hydrogens is 238 g/mol. The van der Waals surface area contributed by atoms with Gasteiger partial charge in [-0.3, -0.25) is 4.79 Å². The van der Waals surface area contributed by atoms with E-state index in [9.17, 15) is 4.79 Å². The molecule has 0 aliphatic heterocycles. The van der Waals surface area contributed by atoms with Gasteiger partial charge in [0.05, 0.1) is 0 Å². The highest BCUT2D eigenvalue weighted by Crippen LogP contribution is 2.11. The van der Waals surface area contributed by atoms with Crippen LogP contribution in [0.25, 0.3) is 0 Å². The van der Waals surface area contributed by atoms with E-state index in [-0.39, 0.29) is 12.5 Å². The first-order chi connectivity index (χ1) is 8.13. The fourth-order valence-electron chi connectivity index (χ4n) is 1.54. The Hall–Kier alpha value is -1.06. The molecule has 0 bridgehead atoms. The van der Waals surface area contributed by atoms with Crippen LogP contribution in [0.15, 0.2) is 24.3 Å². The first kappa shape index (κ1) is 14.0. The monoisotopic (exact) mass is 255 g/mol. The van der Waals surface area contributed by atoms with Crippen molar-refractivity contribution in [2.45, 2.75) is 19.3 Å². The molecule has 0 heterocycles. The molecule has 0 saturated heterocycles. The standard InChI is InChI=1S/C13H18ClNO2/c1-15(13(17)6-3-9-16)8-7-11-4-2-5-12(14)10-11/h2,4-5,10,16H,3,6-9H2,1H3. The van der Waals surface area contributed by atoms with E-state index < -0.39 is 0 Å². The third kappa shape index (κ3) is 5.20. The minimum Gasteiger partial charge on any atom is -0.396 e. The summed E-state index contributed by atoms with van der Waals surface area (Å²) in [6.45, 7) is 0.735. The van der Waals surface area contributed by atoms with Crippen LogP contribution >= 0.6 is 11.6 Å². The molecule has 0 aromatic heterocycles. The summed E-state index contributed by atoms with van der Waals surface area (Å²) in [5.74, 6) is 0.0704. The van der Waals surface area contributed by atoms with Gasteiger partial charge in [0.1, 0.15) is 0 Å². The van der Waals surface area contributed by atoms with Crippen molar-refractivity contribution in [1.29, 1.82) is 0 Å². The molecular formula is C13H18ClNO2. The average molecular weight is 256 g/mol. The van der Waals surface area contributed by atoms with Crippen LogP contribution in [0.5, 0.6) is 0 Å². The molecule has 0 atom stereocenters. The fraction of sp³-hybridized carbons (Fsp3) is 0.462. The first-order valence-corrected chi connectivity index (χ1v) is 6.10. The number of carbonyl (C=O) groups is 1. The number of halogens is 1. The van der Waals surface area contributed by atoms with Gasteiger partial charge in [-0.1, -0.05) is 23.7 Å². The van der Waals surface area contributed by atoms with Crippen LogP contribution in [0.2, 0.25) is 5.02 Å². The summed E-state index contributed by atoms with van der Waals surface area (Å²) in [6.07, 6.45) is 1.73. The quantitative estimate of drug-likeness (QED) is 0.846. The molecule has 0 fully saturated rings. The zero-order valence-electron chi connectivity index (χ0n) is 10.0. The number of amides is 1. The van der Waals surface area contributed by atoms with Crippen LogP contribution in [0.3, 0.4) is 0 Å². The molecule has 3 nitrogen and oxygen atoms in total. The Morgan fingerprint density at radius 1 is 1.47 bits per heavy atom. The predicted molar refractivity (Wildman–Crippen MR) is 69.1 cm³/mol. The topological polar surface area (TPSA) is 40.5 Å². The zero-order valence-corrected chi connectivity index (χ0v) is 10.8. The summed E-state index contributed by atoms with van der Waals surface area (Å²) < 4.78 is 0. The van der Waals surface area contributed by atoms with Gasteiger partial charge in [0.15, 0.2) is 0 Å². The number of hydrogen-bond acceptors (Lipinski definition) is 2. The molecule has 1 N–H and O–H groups in total. The molecule has 0 unspecified atom stereocenters. The van der Waals surface area contributed by atoms with Crippen LogP contribution < -0.4 is 0 Å². The smallest absolute Gasteiger partial charge is 0.222 e. The number of carbonyl (C=O) groups excluding carboxylic acids is 1. The highest BCUT2D eigenvalue weighted by atomic mass is 35.5. The van der Waals surface area contributed by atoms with E-state index in [4.69, 9.17) is 16.7 Å². The van der Waals surface area contributed by atoms with Gasteiger partial charge in [0.25, 0.3) is 0 Å². The van der Waals surface area contributed by atoms with E-state index in [1.54, 1.807) is 11.9 Å². The number of benzene rings is 1. The van der Waals surface area contributed by atoms with Gasteiger partial charge in [-0.05, 0) is 30.5 Å². The maximum atomic E-state index is 11.6. The molecule has 1 aromatic carbocycles. The van der Waals surface area contributed by atoms with E-state index in [2.05, 4.69) is 0 Å². The molecule has 1 rings (SSSR count). The van der Waals surface area contributed by atoms with Crippen LogP contribution in [-0.2, 0) is 11.2 Å². The Labute approximate surface area is 107 Å². The highest BCUT2D eigenvalue weighted by Gasteiger charge is 2.07. The molecule has 0 aliphatic carbocycles. The van der Waals surface area contributed by atoms with E-state index >= 15 is 0 Å². The number of rotatable bonds is 6. The Morgan fingerprint density at radius 3 is 2.88 bits per heavy atom. The fourth-order valence-corrected chi connectivity index (χ4v) is 1.75. The third-order valence-corrected chi connectivity index (χ3v) is 2.83. The molecule has 1 aromatic rings.